The van der Waals surface area contributed by atoms with Crippen LogP contribution >= 0.6 is 0 Å². The summed E-state index contributed by atoms with van der Waals surface area (Å²) in [4.78, 5) is 0. The first-order chi connectivity index (χ1) is 29.3. The smallest absolute Gasteiger partial charge is 0.200 e. The molecule has 0 bridgehead atoms. The van der Waals surface area contributed by atoms with E-state index in [0.717, 1.165) is 49.7 Å². The van der Waals surface area contributed by atoms with Gasteiger partial charge in [-0.05, 0) is 71.1 Å². The minimum absolute atomic E-state index is 0.670. The number of unbranched alkanes of at least 4 members (excludes halogenated alkanes) is 22. The third-order valence-corrected chi connectivity index (χ3v) is 26.1. The highest BCUT2D eigenvalue weighted by Gasteiger charge is 2.45. The predicted octanol–water partition coefficient (Wildman–Crippen LogP) is 18.0. The van der Waals surface area contributed by atoms with Crippen LogP contribution in [0.4, 0.5) is 0 Å². The number of hydrogen-bond donors (Lipinski definition) is 1. The standard InChI is InChI=1S/C53H103NO5Si2/c1-45(2)60(46(3)4,47(5)6)58-41-35-31-27-23-19-15-13-17-21-25-29-33-39-56-52-38-37-51(44-54-55)53(43-52)57-40-34-30-26-22-18-14-16-20-24-28-32-36-42-59-61(48(7)8,49(9)10)50(11)12/h37-38,43-50,55H,13-36,39-42H2,1-12H3/b54-44+. The minimum atomic E-state index is -1.70. The molecule has 358 valence electrons. The lowest BCUT2D eigenvalue weighted by Crippen LogP contribution is -2.47. The summed E-state index contributed by atoms with van der Waals surface area (Å²) in [5, 5.41) is 12.4. The number of rotatable bonds is 41. The molecule has 0 aliphatic carbocycles. The molecular formula is C53H103NO5Si2. The van der Waals surface area contributed by atoms with Gasteiger partial charge in [0.25, 0.3) is 0 Å². The van der Waals surface area contributed by atoms with E-state index in [1.54, 1.807) is 0 Å². The monoisotopic (exact) mass is 890 g/mol. The normalized spacial score (nSPS) is 12.8. The maximum absolute atomic E-state index is 9.17. The van der Waals surface area contributed by atoms with Crippen LogP contribution in [0.15, 0.2) is 23.4 Å². The summed E-state index contributed by atoms with van der Waals surface area (Å²) >= 11 is 0. The van der Waals surface area contributed by atoms with E-state index in [4.69, 9.17) is 18.3 Å². The molecule has 0 amide bonds. The van der Waals surface area contributed by atoms with Crippen molar-refractivity contribution in [3.63, 3.8) is 0 Å². The lowest BCUT2D eigenvalue weighted by Gasteiger charge is -2.42. The van der Waals surface area contributed by atoms with E-state index in [2.05, 4.69) is 88.2 Å². The highest BCUT2D eigenvalue weighted by atomic mass is 28.4. The summed E-state index contributed by atoms with van der Waals surface area (Å²) in [6.45, 7) is 31.9. The van der Waals surface area contributed by atoms with E-state index in [-0.39, 0.29) is 0 Å². The van der Waals surface area contributed by atoms with Crippen LogP contribution in [0.2, 0.25) is 33.2 Å². The van der Waals surface area contributed by atoms with Gasteiger partial charge >= 0.3 is 0 Å². The molecule has 1 aromatic carbocycles. The second-order valence-corrected chi connectivity index (χ2v) is 31.4. The third-order valence-electron chi connectivity index (χ3n) is 13.9. The van der Waals surface area contributed by atoms with Gasteiger partial charge in [0, 0.05) is 24.8 Å². The Bertz CT molecular complexity index is 1160. The third kappa shape index (κ3) is 22.9. The van der Waals surface area contributed by atoms with Gasteiger partial charge in [-0.2, -0.15) is 0 Å². The Kier molecular flexibility index (Phi) is 33.1. The molecule has 0 atom stereocenters. The van der Waals surface area contributed by atoms with Crippen molar-refractivity contribution < 1.29 is 23.5 Å². The van der Waals surface area contributed by atoms with Gasteiger partial charge in [0.15, 0.2) is 16.6 Å². The Hall–Kier alpha value is -1.36. The first-order valence-electron chi connectivity index (χ1n) is 26.1. The van der Waals surface area contributed by atoms with Gasteiger partial charge in [-0.25, -0.2) is 0 Å². The minimum Gasteiger partial charge on any atom is -0.493 e. The van der Waals surface area contributed by atoms with E-state index < -0.39 is 16.6 Å². The van der Waals surface area contributed by atoms with Crippen molar-refractivity contribution in [3.05, 3.63) is 23.8 Å². The number of nitrogens with zero attached hydrogens (tertiary/aromatic N) is 1. The van der Waals surface area contributed by atoms with Crippen molar-refractivity contribution in [3.8, 4) is 11.5 Å². The second kappa shape index (κ2) is 35.0. The fraction of sp³-hybridized carbons (Fsp3) is 0.868. The maximum atomic E-state index is 9.17. The van der Waals surface area contributed by atoms with Gasteiger partial charge < -0.3 is 23.5 Å². The van der Waals surface area contributed by atoms with Crippen molar-refractivity contribution in [2.24, 2.45) is 5.16 Å². The summed E-state index contributed by atoms with van der Waals surface area (Å²) in [6, 6.07) is 5.83. The Labute approximate surface area is 382 Å². The molecule has 0 radical (unpaired) electrons. The fourth-order valence-corrected chi connectivity index (χ4v) is 21.7. The number of benzene rings is 1. The molecule has 0 heterocycles. The molecular weight excluding hydrogens is 787 g/mol. The van der Waals surface area contributed by atoms with E-state index in [1.807, 2.05) is 18.2 Å². The van der Waals surface area contributed by atoms with Gasteiger partial charge in [0.2, 0.25) is 0 Å². The highest BCUT2D eigenvalue weighted by Crippen LogP contribution is 2.43. The average molecular weight is 891 g/mol. The highest BCUT2D eigenvalue weighted by molar-refractivity contribution is 6.78. The number of oxime groups is 1. The summed E-state index contributed by atoms with van der Waals surface area (Å²) in [6.07, 6.45) is 32.5. The first kappa shape index (κ1) is 57.7. The summed E-state index contributed by atoms with van der Waals surface area (Å²) in [7, 11) is -3.40. The van der Waals surface area contributed by atoms with E-state index in [0.29, 0.717) is 39.9 Å². The molecule has 1 N–H and O–H groups in total. The molecule has 61 heavy (non-hydrogen) atoms. The average Bonchev–Trinajstić information content (AvgIpc) is 3.20. The summed E-state index contributed by atoms with van der Waals surface area (Å²) in [5.41, 5.74) is 4.84. The Morgan fingerprint density at radius 2 is 0.689 bits per heavy atom. The molecule has 8 heteroatoms. The van der Waals surface area contributed by atoms with Crippen molar-refractivity contribution in [1.82, 2.24) is 0 Å². The summed E-state index contributed by atoms with van der Waals surface area (Å²) < 4.78 is 25.7. The predicted molar refractivity (Wildman–Crippen MR) is 272 cm³/mol. The van der Waals surface area contributed by atoms with Crippen LogP contribution in [0.3, 0.4) is 0 Å². The molecule has 0 aliphatic heterocycles. The fourth-order valence-electron chi connectivity index (χ4n) is 10.7. The van der Waals surface area contributed by atoms with Gasteiger partial charge in [-0.3, -0.25) is 0 Å². The Morgan fingerprint density at radius 1 is 0.410 bits per heavy atom. The lowest BCUT2D eigenvalue weighted by atomic mass is 10.1. The second-order valence-electron chi connectivity index (χ2n) is 20.5. The van der Waals surface area contributed by atoms with Gasteiger partial charge in [-0.1, -0.05) is 217 Å². The molecule has 0 aliphatic rings. The van der Waals surface area contributed by atoms with Crippen LogP contribution < -0.4 is 9.47 Å². The Balaban J connectivity index is 2.08. The number of hydrogen-bond acceptors (Lipinski definition) is 6. The van der Waals surface area contributed by atoms with E-state index in [1.165, 1.54) is 147 Å². The zero-order valence-corrected chi connectivity index (χ0v) is 44.6. The molecule has 1 rings (SSSR count). The SMILES string of the molecule is CC(C)[Si](OCCCCCCCCCCCCCCOc1ccc(/C=N/O)c(OCCCCCCCCCCCCCCO[Si](C(C)C)(C(C)C)C(C)C)c1)(C(C)C)C(C)C. The van der Waals surface area contributed by atoms with Crippen LogP contribution in [0.5, 0.6) is 11.5 Å². The van der Waals surface area contributed by atoms with Crippen LogP contribution in [-0.4, -0.2) is 54.5 Å². The molecule has 0 spiro atoms. The molecule has 1 aromatic rings. The number of ether oxygens (including phenoxy) is 2. The van der Waals surface area contributed by atoms with Crippen LogP contribution in [-0.2, 0) is 8.85 Å². The molecule has 0 saturated carbocycles. The Morgan fingerprint density at radius 3 is 0.984 bits per heavy atom. The van der Waals surface area contributed by atoms with Gasteiger partial charge in [0.05, 0.1) is 19.4 Å². The summed E-state index contributed by atoms with van der Waals surface area (Å²) in [5.74, 6) is 1.56. The first-order valence-corrected chi connectivity index (χ1v) is 30.4. The zero-order chi connectivity index (χ0) is 45.4. The van der Waals surface area contributed by atoms with Crippen LogP contribution in [0, 0.1) is 0 Å². The largest absolute Gasteiger partial charge is 0.493 e. The zero-order valence-electron chi connectivity index (χ0n) is 42.6. The van der Waals surface area contributed by atoms with Crippen LogP contribution in [0.25, 0.3) is 0 Å². The van der Waals surface area contributed by atoms with Crippen molar-refractivity contribution in [2.45, 2.75) is 270 Å². The maximum Gasteiger partial charge on any atom is 0.200 e. The van der Waals surface area contributed by atoms with Crippen molar-refractivity contribution in [1.29, 1.82) is 0 Å². The lowest BCUT2D eigenvalue weighted by molar-refractivity contribution is 0.267. The molecule has 0 aromatic heterocycles. The topological polar surface area (TPSA) is 69.5 Å². The van der Waals surface area contributed by atoms with Crippen molar-refractivity contribution >= 4 is 22.8 Å². The molecule has 0 unspecified atom stereocenters. The van der Waals surface area contributed by atoms with E-state index in [9.17, 15) is 5.21 Å². The van der Waals surface area contributed by atoms with Crippen LogP contribution in [0.1, 0.15) is 243 Å². The van der Waals surface area contributed by atoms with Gasteiger partial charge in [-0.15, -0.1) is 0 Å². The quantitative estimate of drug-likeness (QED) is 0.0233. The molecule has 6 nitrogen and oxygen atoms in total. The molecule has 0 saturated heterocycles. The van der Waals surface area contributed by atoms with E-state index >= 15 is 0 Å². The van der Waals surface area contributed by atoms with Crippen molar-refractivity contribution in [2.75, 3.05) is 26.4 Å². The molecule has 0 fully saturated rings. The van der Waals surface area contributed by atoms with Gasteiger partial charge in [0.1, 0.15) is 11.5 Å².